The van der Waals surface area contributed by atoms with Crippen LogP contribution >= 0.6 is 0 Å². The molecular weight excluding hydrogens is 321 g/mol. The molecule has 1 atom stereocenters. The lowest BCUT2D eigenvalue weighted by Crippen LogP contribution is -2.25. The molecule has 4 rings (SSSR count). The summed E-state index contributed by atoms with van der Waals surface area (Å²) in [6, 6.07) is 4.75. The Labute approximate surface area is 145 Å². The second-order valence-corrected chi connectivity index (χ2v) is 6.78. The van der Waals surface area contributed by atoms with Crippen LogP contribution in [0.25, 0.3) is 11.4 Å². The Balaban J connectivity index is 1.61. The van der Waals surface area contributed by atoms with Gasteiger partial charge in [0, 0.05) is 25.1 Å². The fraction of sp³-hybridized carbons (Fsp3) is 0.500. The summed E-state index contributed by atoms with van der Waals surface area (Å²) in [4.78, 5) is 12.3. The number of benzene rings is 1. The van der Waals surface area contributed by atoms with E-state index in [0.29, 0.717) is 6.54 Å². The highest BCUT2D eigenvalue weighted by Crippen LogP contribution is 2.27. The molecule has 2 aliphatic rings. The molecule has 25 heavy (non-hydrogen) atoms. The molecule has 0 saturated carbocycles. The summed E-state index contributed by atoms with van der Waals surface area (Å²) in [7, 11) is 0. The predicted octanol–water partition coefficient (Wildman–Crippen LogP) is 2.36. The molecule has 2 N–H and O–H groups in total. The van der Waals surface area contributed by atoms with E-state index in [1.807, 2.05) is 0 Å². The van der Waals surface area contributed by atoms with E-state index in [0.717, 1.165) is 56.0 Å². The second-order valence-electron chi connectivity index (χ2n) is 6.78. The third-order valence-electron chi connectivity index (χ3n) is 5.02. The Morgan fingerprint density at radius 2 is 2.20 bits per heavy atom. The minimum absolute atomic E-state index is 0.104. The summed E-state index contributed by atoms with van der Waals surface area (Å²) in [5, 5.41) is 14.5. The van der Waals surface area contributed by atoms with Gasteiger partial charge in [-0.25, -0.2) is 4.39 Å². The molecular formula is C18H22FN5O. The van der Waals surface area contributed by atoms with E-state index in [-0.39, 0.29) is 17.5 Å². The van der Waals surface area contributed by atoms with Crippen molar-refractivity contribution in [2.24, 2.45) is 5.92 Å². The van der Waals surface area contributed by atoms with E-state index in [2.05, 4.69) is 25.4 Å². The molecule has 1 fully saturated rings. The largest absolute Gasteiger partial charge is 0.323 e. The summed E-state index contributed by atoms with van der Waals surface area (Å²) in [6.07, 6.45) is 5.11. The zero-order chi connectivity index (χ0) is 17.2. The molecule has 6 nitrogen and oxygen atoms in total. The molecule has 1 aromatic carbocycles. The molecule has 0 bridgehead atoms. The number of amides is 1. The quantitative estimate of drug-likeness (QED) is 0.897. The van der Waals surface area contributed by atoms with E-state index in [9.17, 15) is 9.18 Å². The monoisotopic (exact) mass is 343 g/mol. The van der Waals surface area contributed by atoms with Crippen molar-refractivity contribution in [3.8, 4) is 11.4 Å². The Kier molecular flexibility index (Phi) is 4.48. The van der Waals surface area contributed by atoms with Crippen LogP contribution in [0.3, 0.4) is 0 Å². The third-order valence-corrected chi connectivity index (χ3v) is 5.02. The zero-order valence-corrected chi connectivity index (χ0v) is 14.1. The van der Waals surface area contributed by atoms with Crippen molar-refractivity contribution < 1.29 is 9.18 Å². The number of carbonyl (C=O) groups is 1. The third kappa shape index (κ3) is 3.28. The second kappa shape index (κ2) is 6.92. The van der Waals surface area contributed by atoms with Crippen molar-refractivity contribution >= 4 is 11.6 Å². The van der Waals surface area contributed by atoms with Gasteiger partial charge in [-0.1, -0.05) is 6.42 Å². The smallest absolute Gasteiger partial charge is 0.228 e. The fourth-order valence-corrected chi connectivity index (χ4v) is 3.57. The first-order valence-electron chi connectivity index (χ1n) is 8.96. The number of nitrogens with one attached hydrogen (secondary N) is 2. The van der Waals surface area contributed by atoms with Gasteiger partial charge in [0.05, 0.1) is 11.6 Å². The van der Waals surface area contributed by atoms with E-state index < -0.39 is 5.82 Å². The molecule has 0 aliphatic carbocycles. The average Bonchev–Trinajstić information content (AvgIpc) is 3.23. The minimum Gasteiger partial charge on any atom is -0.323 e. The van der Waals surface area contributed by atoms with E-state index in [1.165, 1.54) is 12.5 Å². The van der Waals surface area contributed by atoms with E-state index >= 15 is 0 Å². The summed E-state index contributed by atoms with van der Waals surface area (Å²) < 4.78 is 16.3. The van der Waals surface area contributed by atoms with Crippen molar-refractivity contribution in [1.82, 2.24) is 20.1 Å². The Hall–Kier alpha value is -2.28. The molecule has 2 aliphatic heterocycles. The number of hydrogen-bond donors (Lipinski definition) is 2. The number of nitrogens with zero attached hydrogens (tertiary/aromatic N) is 3. The van der Waals surface area contributed by atoms with Gasteiger partial charge in [-0.05, 0) is 44.0 Å². The molecule has 1 aromatic heterocycles. The van der Waals surface area contributed by atoms with Gasteiger partial charge in [0.1, 0.15) is 11.6 Å². The molecule has 1 unspecified atom stereocenters. The Morgan fingerprint density at radius 3 is 3.04 bits per heavy atom. The summed E-state index contributed by atoms with van der Waals surface area (Å²) in [5.41, 5.74) is 0.988. The number of aromatic nitrogens is 3. The number of anilines is 1. The summed E-state index contributed by atoms with van der Waals surface area (Å²) in [5.74, 6) is 1.06. The van der Waals surface area contributed by atoms with Crippen LogP contribution in [0.1, 0.15) is 31.5 Å². The van der Waals surface area contributed by atoms with Crippen LogP contribution in [0, 0.1) is 11.7 Å². The zero-order valence-electron chi connectivity index (χ0n) is 14.1. The molecule has 132 valence electrons. The predicted molar refractivity (Wildman–Crippen MR) is 92.6 cm³/mol. The molecule has 7 heteroatoms. The Morgan fingerprint density at radius 1 is 1.28 bits per heavy atom. The van der Waals surface area contributed by atoms with Gasteiger partial charge in [-0.3, -0.25) is 4.79 Å². The van der Waals surface area contributed by atoms with Crippen LogP contribution in [-0.2, 0) is 17.8 Å². The molecule has 2 aromatic rings. The maximum absolute atomic E-state index is 14.2. The van der Waals surface area contributed by atoms with Crippen LogP contribution in [0.2, 0.25) is 0 Å². The number of aryl methyl sites for hydroxylation is 1. The first-order valence-corrected chi connectivity index (χ1v) is 8.96. The van der Waals surface area contributed by atoms with Crippen LogP contribution in [0.5, 0.6) is 0 Å². The van der Waals surface area contributed by atoms with Gasteiger partial charge in [-0.2, -0.15) is 0 Å². The highest BCUT2D eigenvalue weighted by molar-refractivity contribution is 5.93. The summed E-state index contributed by atoms with van der Waals surface area (Å²) >= 11 is 0. The van der Waals surface area contributed by atoms with Crippen molar-refractivity contribution in [2.75, 3.05) is 18.4 Å². The normalized spacial score (nSPS) is 20.1. The lowest BCUT2D eigenvalue weighted by Gasteiger charge is -2.12. The molecule has 1 saturated heterocycles. The highest BCUT2D eigenvalue weighted by Gasteiger charge is 2.24. The van der Waals surface area contributed by atoms with Gasteiger partial charge in [-0.15, -0.1) is 10.2 Å². The van der Waals surface area contributed by atoms with Crippen LogP contribution in [-0.4, -0.2) is 33.8 Å². The van der Waals surface area contributed by atoms with E-state index in [1.54, 1.807) is 12.1 Å². The Bertz CT molecular complexity index is 782. The van der Waals surface area contributed by atoms with Crippen LogP contribution < -0.4 is 10.6 Å². The number of carbonyl (C=O) groups excluding carboxylic acids is 1. The average molecular weight is 343 g/mol. The molecule has 3 heterocycles. The first-order chi connectivity index (χ1) is 12.2. The molecule has 0 radical (unpaired) electrons. The molecule has 1 amide bonds. The van der Waals surface area contributed by atoms with Crippen LogP contribution in [0.15, 0.2) is 18.2 Å². The lowest BCUT2D eigenvalue weighted by atomic mass is 10.1. The maximum atomic E-state index is 14.2. The van der Waals surface area contributed by atoms with Crippen LogP contribution in [0.4, 0.5) is 10.1 Å². The SMILES string of the molecule is O=C(Nc1cc(-c2nnc3n2CCCCC3)ccc1F)C1CCNC1. The number of rotatable bonds is 3. The fourth-order valence-electron chi connectivity index (χ4n) is 3.57. The maximum Gasteiger partial charge on any atom is 0.228 e. The standard InChI is InChI=1S/C18H22FN5O/c19-14-6-5-12(10-15(14)21-18(25)13-7-8-20-11-13)17-23-22-16-4-2-1-3-9-24(16)17/h5-6,10,13,20H,1-4,7-9,11H2,(H,21,25). The van der Waals surface area contributed by atoms with Crippen molar-refractivity contribution in [3.63, 3.8) is 0 Å². The first kappa shape index (κ1) is 16.2. The van der Waals surface area contributed by atoms with Gasteiger partial charge in [0.2, 0.25) is 5.91 Å². The van der Waals surface area contributed by atoms with Gasteiger partial charge < -0.3 is 15.2 Å². The van der Waals surface area contributed by atoms with Crippen molar-refractivity contribution in [3.05, 3.63) is 29.8 Å². The van der Waals surface area contributed by atoms with Crippen molar-refractivity contribution in [2.45, 2.75) is 38.6 Å². The number of halogens is 1. The minimum atomic E-state index is -0.432. The van der Waals surface area contributed by atoms with Gasteiger partial charge >= 0.3 is 0 Å². The number of hydrogen-bond acceptors (Lipinski definition) is 4. The topological polar surface area (TPSA) is 71.8 Å². The van der Waals surface area contributed by atoms with Crippen molar-refractivity contribution in [1.29, 1.82) is 0 Å². The van der Waals surface area contributed by atoms with E-state index in [4.69, 9.17) is 0 Å². The summed E-state index contributed by atoms with van der Waals surface area (Å²) in [6.45, 7) is 2.35. The van der Waals surface area contributed by atoms with Gasteiger partial charge in [0.25, 0.3) is 0 Å². The highest BCUT2D eigenvalue weighted by atomic mass is 19.1. The lowest BCUT2D eigenvalue weighted by molar-refractivity contribution is -0.119. The molecule has 0 spiro atoms. The van der Waals surface area contributed by atoms with Gasteiger partial charge in [0.15, 0.2) is 5.82 Å². The number of fused-ring (bicyclic) bond motifs is 1.